The molecule has 0 aromatic heterocycles. The number of aliphatic imine (C=N–C) groups is 1. The van der Waals surface area contributed by atoms with Crippen molar-refractivity contribution in [1.29, 1.82) is 0 Å². The van der Waals surface area contributed by atoms with Crippen LogP contribution in [0.15, 0.2) is 35.3 Å². The van der Waals surface area contributed by atoms with Gasteiger partial charge >= 0.3 is 0 Å². The summed E-state index contributed by atoms with van der Waals surface area (Å²) in [6.07, 6.45) is 1.86. The standard InChI is InChI=1S/C23H31NO/c1-15-9-10-16(2)17(11-15)14-24-20-13-18(22(3,4)5)12-19(21(20)25)23(6,7)8/h9-14,25H,1-8H3/b24-14-. The summed E-state index contributed by atoms with van der Waals surface area (Å²) in [6.45, 7) is 17.1. The fourth-order valence-corrected chi connectivity index (χ4v) is 2.76. The summed E-state index contributed by atoms with van der Waals surface area (Å²) in [4.78, 5) is 4.65. The van der Waals surface area contributed by atoms with E-state index in [-0.39, 0.29) is 16.6 Å². The van der Waals surface area contributed by atoms with Crippen LogP contribution in [0.5, 0.6) is 5.75 Å². The van der Waals surface area contributed by atoms with E-state index in [4.69, 9.17) is 0 Å². The summed E-state index contributed by atoms with van der Waals surface area (Å²) in [6, 6.07) is 10.4. The number of phenolic OH excluding ortho intramolecular Hbond substituents is 1. The minimum atomic E-state index is -0.144. The highest BCUT2D eigenvalue weighted by Crippen LogP contribution is 2.41. The molecule has 0 unspecified atom stereocenters. The maximum Gasteiger partial charge on any atom is 0.144 e. The lowest BCUT2D eigenvalue weighted by Gasteiger charge is -2.26. The fraction of sp³-hybridized carbons (Fsp3) is 0.435. The van der Waals surface area contributed by atoms with Crippen LogP contribution in [0.1, 0.15) is 69.4 Å². The SMILES string of the molecule is Cc1ccc(C)c(/C=N\c2cc(C(C)(C)C)cc(C(C)(C)C)c2O)c1. The number of benzene rings is 2. The summed E-state index contributed by atoms with van der Waals surface area (Å²) in [5.74, 6) is 0.280. The summed E-state index contributed by atoms with van der Waals surface area (Å²) in [5, 5.41) is 10.8. The van der Waals surface area contributed by atoms with Gasteiger partial charge in [-0.3, -0.25) is 4.99 Å². The average molecular weight is 338 g/mol. The van der Waals surface area contributed by atoms with Crippen LogP contribution in [-0.2, 0) is 10.8 Å². The molecule has 0 aliphatic carbocycles. The molecule has 0 fully saturated rings. The van der Waals surface area contributed by atoms with Crippen LogP contribution >= 0.6 is 0 Å². The number of hydrogen-bond donors (Lipinski definition) is 1. The third kappa shape index (κ3) is 4.50. The minimum Gasteiger partial charge on any atom is -0.505 e. The quantitative estimate of drug-likeness (QED) is 0.636. The molecule has 0 atom stereocenters. The highest BCUT2D eigenvalue weighted by atomic mass is 16.3. The first-order valence-electron chi connectivity index (χ1n) is 8.89. The molecule has 0 amide bonds. The van der Waals surface area contributed by atoms with Gasteiger partial charge in [0.25, 0.3) is 0 Å². The molecule has 2 nitrogen and oxygen atoms in total. The van der Waals surface area contributed by atoms with Gasteiger partial charge in [-0.05, 0) is 47.4 Å². The molecule has 25 heavy (non-hydrogen) atoms. The number of hydrogen-bond acceptors (Lipinski definition) is 2. The zero-order chi connectivity index (χ0) is 19.0. The molecule has 2 rings (SSSR count). The molecule has 0 saturated carbocycles. The van der Waals surface area contributed by atoms with Crippen molar-refractivity contribution < 1.29 is 5.11 Å². The minimum absolute atomic E-state index is 0.00276. The van der Waals surface area contributed by atoms with Crippen molar-refractivity contribution in [2.75, 3.05) is 0 Å². The molecule has 2 heteroatoms. The Kier molecular flexibility index (Phi) is 5.13. The molecule has 0 bridgehead atoms. The molecule has 0 aliphatic rings. The Morgan fingerprint density at radius 2 is 1.52 bits per heavy atom. The summed E-state index contributed by atoms with van der Waals surface area (Å²) < 4.78 is 0. The van der Waals surface area contributed by atoms with Crippen molar-refractivity contribution in [3.63, 3.8) is 0 Å². The molecule has 0 aliphatic heterocycles. The van der Waals surface area contributed by atoms with Crippen LogP contribution in [0, 0.1) is 13.8 Å². The Bertz CT molecular complexity index is 802. The molecule has 0 heterocycles. The van der Waals surface area contributed by atoms with E-state index in [1.165, 1.54) is 16.7 Å². The molecule has 0 saturated heterocycles. The normalized spacial score (nSPS) is 12.8. The van der Waals surface area contributed by atoms with E-state index in [2.05, 4.69) is 84.6 Å². The second kappa shape index (κ2) is 6.67. The van der Waals surface area contributed by atoms with Crippen molar-refractivity contribution in [1.82, 2.24) is 0 Å². The summed E-state index contributed by atoms with van der Waals surface area (Å²) >= 11 is 0. The van der Waals surface area contributed by atoms with Crippen LogP contribution in [0.25, 0.3) is 0 Å². The van der Waals surface area contributed by atoms with E-state index in [0.717, 1.165) is 11.1 Å². The number of aromatic hydroxyl groups is 1. The molecular formula is C23H31NO. The lowest BCUT2D eigenvalue weighted by molar-refractivity contribution is 0.446. The fourth-order valence-electron chi connectivity index (χ4n) is 2.76. The number of phenols is 1. The van der Waals surface area contributed by atoms with Crippen molar-refractivity contribution in [2.45, 2.75) is 66.2 Å². The third-order valence-corrected chi connectivity index (χ3v) is 4.54. The summed E-state index contributed by atoms with van der Waals surface area (Å²) in [5.41, 5.74) is 6.07. The smallest absolute Gasteiger partial charge is 0.144 e. The van der Waals surface area contributed by atoms with Gasteiger partial charge in [0.1, 0.15) is 11.4 Å². The van der Waals surface area contributed by atoms with Gasteiger partial charge in [-0.2, -0.15) is 0 Å². The third-order valence-electron chi connectivity index (χ3n) is 4.54. The maximum atomic E-state index is 10.8. The van der Waals surface area contributed by atoms with Gasteiger partial charge in [0.05, 0.1) is 0 Å². The second-order valence-corrected chi connectivity index (χ2v) is 9.01. The van der Waals surface area contributed by atoms with Gasteiger partial charge in [-0.1, -0.05) is 71.4 Å². The van der Waals surface area contributed by atoms with Crippen LogP contribution in [0.4, 0.5) is 5.69 Å². The first-order valence-corrected chi connectivity index (χ1v) is 8.89. The van der Waals surface area contributed by atoms with Crippen LogP contribution in [0.2, 0.25) is 0 Å². The topological polar surface area (TPSA) is 32.6 Å². The predicted octanol–water partition coefficient (Wildman–Crippen LogP) is 6.35. The first-order chi connectivity index (χ1) is 11.4. The van der Waals surface area contributed by atoms with E-state index in [0.29, 0.717) is 5.69 Å². The molecule has 1 N–H and O–H groups in total. The zero-order valence-electron chi connectivity index (χ0n) is 16.9. The van der Waals surface area contributed by atoms with E-state index in [9.17, 15) is 5.11 Å². The number of nitrogens with zero attached hydrogens (tertiary/aromatic N) is 1. The molecule has 2 aromatic rings. The molecular weight excluding hydrogens is 306 g/mol. The Balaban J connectivity index is 2.60. The van der Waals surface area contributed by atoms with E-state index >= 15 is 0 Å². The molecule has 2 aromatic carbocycles. The monoisotopic (exact) mass is 337 g/mol. The molecule has 134 valence electrons. The Morgan fingerprint density at radius 1 is 0.880 bits per heavy atom. The van der Waals surface area contributed by atoms with E-state index < -0.39 is 0 Å². The van der Waals surface area contributed by atoms with E-state index in [1.54, 1.807) is 0 Å². The average Bonchev–Trinajstić information content (AvgIpc) is 2.47. The Hall–Kier alpha value is -2.09. The van der Waals surface area contributed by atoms with Gasteiger partial charge in [-0.25, -0.2) is 0 Å². The Labute approximate surface area is 152 Å². The number of rotatable bonds is 2. The molecule has 0 radical (unpaired) electrons. The van der Waals surface area contributed by atoms with Crippen LogP contribution < -0.4 is 0 Å². The first kappa shape index (κ1) is 19.2. The van der Waals surface area contributed by atoms with Crippen molar-refractivity contribution in [2.24, 2.45) is 4.99 Å². The highest BCUT2D eigenvalue weighted by molar-refractivity contribution is 5.85. The van der Waals surface area contributed by atoms with Crippen molar-refractivity contribution in [3.05, 3.63) is 58.1 Å². The second-order valence-electron chi connectivity index (χ2n) is 9.01. The van der Waals surface area contributed by atoms with Gasteiger partial charge in [0, 0.05) is 11.8 Å². The lowest BCUT2D eigenvalue weighted by Crippen LogP contribution is -2.16. The highest BCUT2D eigenvalue weighted by Gasteiger charge is 2.24. The lowest BCUT2D eigenvalue weighted by atomic mass is 9.80. The number of aryl methyl sites for hydroxylation is 2. The predicted molar refractivity (Wildman–Crippen MR) is 109 cm³/mol. The summed E-state index contributed by atoms with van der Waals surface area (Å²) in [7, 11) is 0. The van der Waals surface area contributed by atoms with Crippen LogP contribution in [0.3, 0.4) is 0 Å². The van der Waals surface area contributed by atoms with Gasteiger partial charge in [0.15, 0.2) is 0 Å². The van der Waals surface area contributed by atoms with Gasteiger partial charge in [-0.15, -0.1) is 0 Å². The van der Waals surface area contributed by atoms with Crippen LogP contribution in [-0.4, -0.2) is 11.3 Å². The Morgan fingerprint density at radius 3 is 2.08 bits per heavy atom. The molecule has 0 spiro atoms. The maximum absolute atomic E-state index is 10.8. The van der Waals surface area contributed by atoms with Gasteiger partial charge < -0.3 is 5.11 Å². The van der Waals surface area contributed by atoms with Crippen molar-refractivity contribution in [3.8, 4) is 5.75 Å². The van der Waals surface area contributed by atoms with E-state index in [1.807, 2.05) is 12.3 Å². The van der Waals surface area contributed by atoms with Gasteiger partial charge in [0.2, 0.25) is 0 Å². The van der Waals surface area contributed by atoms with Crippen molar-refractivity contribution >= 4 is 11.9 Å². The largest absolute Gasteiger partial charge is 0.505 e. The zero-order valence-corrected chi connectivity index (χ0v) is 16.9.